The van der Waals surface area contributed by atoms with Gasteiger partial charge in [-0.2, -0.15) is 5.10 Å². The van der Waals surface area contributed by atoms with Gasteiger partial charge in [0.2, 0.25) is 0 Å². The number of hydrogen-bond acceptors (Lipinski definition) is 2. The van der Waals surface area contributed by atoms with Gasteiger partial charge in [0.25, 0.3) is 0 Å². The molecule has 1 saturated carbocycles. The smallest absolute Gasteiger partial charge is 0.130 e. The summed E-state index contributed by atoms with van der Waals surface area (Å²) < 4.78 is 1.76. The molecule has 0 radical (unpaired) electrons. The van der Waals surface area contributed by atoms with Gasteiger partial charge >= 0.3 is 0 Å². The summed E-state index contributed by atoms with van der Waals surface area (Å²) in [6.45, 7) is 2.74. The molecule has 1 heterocycles. The zero-order chi connectivity index (χ0) is 10.3. The van der Waals surface area contributed by atoms with Crippen molar-refractivity contribution in [1.29, 1.82) is 0 Å². The zero-order valence-electron chi connectivity index (χ0n) is 8.63. The summed E-state index contributed by atoms with van der Waals surface area (Å²) in [5.74, 6) is 0.949. The predicted molar refractivity (Wildman–Crippen MR) is 57.7 cm³/mol. The molecule has 78 valence electrons. The molecule has 4 heteroatoms. The molecule has 1 atom stereocenters. The average molecular weight is 214 g/mol. The lowest BCUT2D eigenvalue weighted by Gasteiger charge is -2.08. The van der Waals surface area contributed by atoms with E-state index in [4.69, 9.17) is 17.3 Å². The third-order valence-corrected chi connectivity index (χ3v) is 3.30. The van der Waals surface area contributed by atoms with Crippen LogP contribution in [0.3, 0.4) is 0 Å². The first-order chi connectivity index (χ1) is 6.65. The maximum Gasteiger partial charge on any atom is 0.130 e. The van der Waals surface area contributed by atoms with Crippen LogP contribution < -0.4 is 5.73 Å². The van der Waals surface area contributed by atoms with E-state index in [1.165, 1.54) is 24.1 Å². The highest BCUT2D eigenvalue weighted by molar-refractivity contribution is 6.30. The van der Waals surface area contributed by atoms with E-state index >= 15 is 0 Å². The van der Waals surface area contributed by atoms with E-state index in [0.717, 1.165) is 5.15 Å². The van der Waals surface area contributed by atoms with E-state index < -0.39 is 0 Å². The highest BCUT2D eigenvalue weighted by atomic mass is 35.5. The zero-order valence-corrected chi connectivity index (χ0v) is 9.38. The molecule has 1 aliphatic carbocycles. The van der Waals surface area contributed by atoms with Crippen LogP contribution in [0.15, 0.2) is 0 Å². The molecular weight excluding hydrogens is 198 g/mol. The van der Waals surface area contributed by atoms with Crippen LogP contribution in [0.5, 0.6) is 0 Å². The SMILES string of the molecule is CC(CN)c1c(C2CC2)nn(C)c1Cl. The molecule has 1 aromatic rings. The summed E-state index contributed by atoms with van der Waals surface area (Å²) in [5.41, 5.74) is 8.02. The van der Waals surface area contributed by atoms with Crippen LogP contribution in [0.4, 0.5) is 0 Å². The van der Waals surface area contributed by atoms with Crippen LogP contribution in [0.1, 0.15) is 42.9 Å². The van der Waals surface area contributed by atoms with Gasteiger partial charge in [0.15, 0.2) is 0 Å². The quantitative estimate of drug-likeness (QED) is 0.835. The number of rotatable bonds is 3. The topological polar surface area (TPSA) is 43.8 Å². The van der Waals surface area contributed by atoms with Gasteiger partial charge in [-0.15, -0.1) is 0 Å². The Balaban J connectivity index is 2.42. The molecule has 1 aliphatic rings. The Kier molecular flexibility index (Phi) is 2.54. The van der Waals surface area contributed by atoms with E-state index in [0.29, 0.717) is 18.4 Å². The first-order valence-corrected chi connectivity index (χ1v) is 5.45. The largest absolute Gasteiger partial charge is 0.330 e. The van der Waals surface area contributed by atoms with Crippen LogP contribution >= 0.6 is 11.6 Å². The summed E-state index contributed by atoms with van der Waals surface area (Å²) in [6.07, 6.45) is 2.50. The third-order valence-electron chi connectivity index (χ3n) is 2.85. The Labute approximate surface area is 89.2 Å². The van der Waals surface area contributed by atoms with Gasteiger partial charge in [-0.25, -0.2) is 0 Å². The lowest BCUT2D eigenvalue weighted by Crippen LogP contribution is -2.10. The van der Waals surface area contributed by atoms with Gasteiger partial charge in [0.1, 0.15) is 5.15 Å². The Bertz CT molecular complexity index is 341. The van der Waals surface area contributed by atoms with E-state index in [9.17, 15) is 0 Å². The number of hydrogen-bond donors (Lipinski definition) is 1. The Morgan fingerprint density at radius 2 is 2.29 bits per heavy atom. The van der Waals surface area contributed by atoms with Crippen LogP contribution in [0, 0.1) is 0 Å². The second-order valence-corrected chi connectivity index (χ2v) is 4.48. The molecule has 3 nitrogen and oxygen atoms in total. The lowest BCUT2D eigenvalue weighted by molar-refractivity contribution is 0.744. The molecule has 14 heavy (non-hydrogen) atoms. The minimum atomic E-state index is 0.312. The standard InChI is InChI=1S/C10H16ClN3/c1-6(5-12)8-9(7-3-4-7)13-14(2)10(8)11/h6-7H,3-5,12H2,1-2H3. The molecular formula is C10H16ClN3. The van der Waals surface area contributed by atoms with E-state index in [2.05, 4.69) is 12.0 Å². The van der Waals surface area contributed by atoms with E-state index in [1.807, 2.05) is 7.05 Å². The van der Waals surface area contributed by atoms with Gasteiger partial charge in [-0.05, 0) is 25.3 Å². The minimum Gasteiger partial charge on any atom is -0.330 e. The van der Waals surface area contributed by atoms with Crippen LogP contribution in [-0.4, -0.2) is 16.3 Å². The molecule has 2 N–H and O–H groups in total. The van der Waals surface area contributed by atoms with E-state index in [-0.39, 0.29) is 0 Å². The van der Waals surface area contributed by atoms with Gasteiger partial charge < -0.3 is 5.73 Å². The van der Waals surface area contributed by atoms with Crippen molar-refractivity contribution in [1.82, 2.24) is 9.78 Å². The molecule has 0 amide bonds. The molecule has 0 saturated heterocycles. The summed E-state index contributed by atoms with van der Waals surface area (Å²) in [6, 6.07) is 0. The normalized spacial score (nSPS) is 18.6. The van der Waals surface area contributed by atoms with Crippen molar-refractivity contribution < 1.29 is 0 Å². The number of nitrogens with two attached hydrogens (primary N) is 1. The predicted octanol–water partition coefficient (Wildman–Crippen LogP) is 2.01. The van der Waals surface area contributed by atoms with Crippen molar-refractivity contribution in [2.75, 3.05) is 6.54 Å². The lowest BCUT2D eigenvalue weighted by atomic mass is 10.00. The molecule has 0 bridgehead atoms. The number of nitrogens with zero attached hydrogens (tertiary/aromatic N) is 2. The molecule has 1 aromatic heterocycles. The summed E-state index contributed by atoms with van der Waals surface area (Å²) >= 11 is 6.20. The first kappa shape index (κ1) is 9.99. The van der Waals surface area contributed by atoms with Crippen molar-refractivity contribution in [2.45, 2.75) is 31.6 Å². The van der Waals surface area contributed by atoms with Crippen molar-refractivity contribution >= 4 is 11.6 Å². The Morgan fingerprint density at radius 3 is 2.79 bits per heavy atom. The molecule has 1 fully saturated rings. The number of aryl methyl sites for hydroxylation is 1. The van der Waals surface area contributed by atoms with Gasteiger partial charge in [-0.1, -0.05) is 18.5 Å². The van der Waals surface area contributed by atoms with Crippen LogP contribution in [0.25, 0.3) is 0 Å². The first-order valence-electron chi connectivity index (χ1n) is 5.07. The van der Waals surface area contributed by atoms with Crippen molar-refractivity contribution in [3.8, 4) is 0 Å². The van der Waals surface area contributed by atoms with Crippen LogP contribution in [0.2, 0.25) is 5.15 Å². The average Bonchev–Trinajstić information content (AvgIpc) is 2.95. The number of halogens is 1. The molecule has 1 unspecified atom stereocenters. The molecule has 2 rings (SSSR count). The van der Waals surface area contributed by atoms with Crippen molar-refractivity contribution in [2.24, 2.45) is 12.8 Å². The summed E-state index contributed by atoms with van der Waals surface area (Å²) in [4.78, 5) is 0. The summed E-state index contributed by atoms with van der Waals surface area (Å²) in [7, 11) is 1.89. The number of aromatic nitrogens is 2. The highest BCUT2D eigenvalue weighted by Gasteiger charge is 2.32. The monoisotopic (exact) mass is 213 g/mol. The molecule has 0 spiro atoms. The Hall–Kier alpha value is -0.540. The Morgan fingerprint density at radius 1 is 1.64 bits per heavy atom. The fraction of sp³-hybridized carbons (Fsp3) is 0.700. The van der Waals surface area contributed by atoms with Crippen molar-refractivity contribution in [3.05, 3.63) is 16.4 Å². The van der Waals surface area contributed by atoms with Gasteiger partial charge in [0, 0.05) is 18.5 Å². The molecule has 0 aromatic carbocycles. The fourth-order valence-electron chi connectivity index (χ4n) is 1.77. The van der Waals surface area contributed by atoms with Crippen LogP contribution in [-0.2, 0) is 7.05 Å². The fourth-order valence-corrected chi connectivity index (χ4v) is 2.09. The third kappa shape index (κ3) is 1.55. The highest BCUT2D eigenvalue weighted by Crippen LogP contribution is 2.44. The minimum absolute atomic E-state index is 0.312. The van der Waals surface area contributed by atoms with Gasteiger partial charge in [-0.3, -0.25) is 4.68 Å². The second kappa shape index (κ2) is 3.55. The molecule has 0 aliphatic heterocycles. The van der Waals surface area contributed by atoms with Crippen molar-refractivity contribution in [3.63, 3.8) is 0 Å². The summed E-state index contributed by atoms with van der Waals surface area (Å²) in [5, 5.41) is 5.22. The van der Waals surface area contributed by atoms with Gasteiger partial charge in [0.05, 0.1) is 5.69 Å². The maximum absolute atomic E-state index is 6.20. The van der Waals surface area contributed by atoms with E-state index in [1.54, 1.807) is 4.68 Å². The second-order valence-electron chi connectivity index (χ2n) is 4.12. The maximum atomic E-state index is 6.20.